The van der Waals surface area contributed by atoms with E-state index in [0.29, 0.717) is 39.5 Å². The van der Waals surface area contributed by atoms with Crippen molar-refractivity contribution in [3.63, 3.8) is 0 Å². The molecule has 0 aromatic heterocycles. The van der Waals surface area contributed by atoms with Crippen LogP contribution in [0.3, 0.4) is 0 Å². The number of carbonyl (C=O) groups excluding carboxylic acids is 2. The van der Waals surface area contributed by atoms with E-state index in [9.17, 15) is 9.59 Å². The Balaban J connectivity index is 0. The maximum absolute atomic E-state index is 11.8. The fourth-order valence-electron chi connectivity index (χ4n) is 2.57. The maximum Gasteiger partial charge on any atom is 0.222 e. The first-order valence-corrected chi connectivity index (χ1v) is 9.49. The molecular weight excluding hydrogens is 322 g/mol. The zero-order valence-electron chi connectivity index (χ0n) is 16.5. The van der Waals surface area contributed by atoms with E-state index in [1.807, 2.05) is 0 Å². The second-order valence-corrected chi connectivity index (χ2v) is 6.40. The minimum atomic E-state index is 0. The fraction of sp³-hybridized carbons (Fsp3) is 0.895. The zero-order valence-corrected chi connectivity index (χ0v) is 16.5. The van der Waals surface area contributed by atoms with Crippen molar-refractivity contribution in [2.75, 3.05) is 40.1 Å². The molecule has 0 aromatic carbocycles. The van der Waals surface area contributed by atoms with Crippen molar-refractivity contribution >= 4 is 11.7 Å². The van der Waals surface area contributed by atoms with Gasteiger partial charge in [-0.2, -0.15) is 0 Å². The topological polar surface area (TPSA) is 73.9 Å². The Bertz CT molecular complexity index is 347. The number of carbonyl (C=O) groups is 2. The van der Waals surface area contributed by atoms with Gasteiger partial charge in [0, 0.05) is 26.9 Å². The van der Waals surface area contributed by atoms with Gasteiger partial charge in [-0.15, -0.1) is 0 Å². The molecule has 6 nitrogen and oxygen atoms in total. The van der Waals surface area contributed by atoms with Crippen molar-refractivity contribution in [2.24, 2.45) is 5.92 Å². The second-order valence-electron chi connectivity index (χ2n) is 6.40. The monoisotopic (exact) mass is 361 g/mol. The SMILES string of the molecule is CCC.COCCOCCOCCC(=O)NC1CCC(C(C)=O)CC1.[HH]. The summed E-state index contributed by atoms with van der Waals surface area (Å²) in [6.07, 6.45) is 5.17. The summed E-state index contributed by atoms with van der Waals surface area (Å²) in [6.45, 7) is 8.44. The van der Waals surface area contributed by atoms with Crippen LogP contribution in [0.1, 0.15) is 60.7 Å². The van der Waals surface area contributed by atoms with Gasteiger partial charge in [0.1, 0.15) is 5.78 Å². The lowest BCUT2D eigenvalue weighted by molar-refractivity contribution is -0.123. The minimum Gasteiger partial charge on any atom is -0.382 e. The number of rotatable bonds is 11. The highest BCUT2D eigenvalue weighted by Gasteiger charge is 2.24. The molecule has 0 spiro atoms. The molecule has 25 heavy (non-hydrogen) atoms. The lowest BCUT2D eigenvalue weighted by Gasteiger charge is -2.27. The van der Waals surface area contributed by atoms with Crippen molar-refractivity contribution in [2.45, 2.75) is 65.3 Å². The lowest BCUT2D eigenvalue weighted by atomic mass is 9.84. The molecule has 0 radical (unpaired) electrons. The Kier molecular flexibility index (Phi) is 15.8. The van der Waals surface area contributed by atoms with E-state index in [0.717, 1.165) is 25.7 Å². The summed E-state index contributed by atoms with van der Waals surface area (Å²) >= 11 is 0. The van der Waals surface area contributed by atoms with Gasteiger partial charge < -0.3 is 19.5 Å². The minimum absolute atomic E-state index is 0. The van der Waals surface area contributed by atoms with Gasteiger partial charge in [-0.05, 0) is 32.6 Å². The number of Topliss-reactive ketones (excluding diaryl/α,β-unsaturated/α-hetero) is 1. The first kappa shape index (κ1) is 24.0. The standard InChI is InChI=1S/C16H29NO5.C3H8.H2/c1-13(18)14-3-5-15(6-4-14)17-16(19)7-8-21-11-12-22-10-9-20-2;1-3-2;/h14-15H,3-12H2,1-2H3,(H,17,19);3H2,1-2H3;1H. The number of hydrogen-bond acceptors (Lipinski definition) is 5. The van der Waals surface area contributed by atoms with Crippen molar-refractivity contribution in [3.05, 3.63) is 0 Å². The summed E-state index contributed by atoms with van der Waals surface area (Å²) in [5, 5.41) is 3.02. The Labute approximate surface area is 154 Å². The number of methoxy groups -OCH3 is 1. The van der Waals surface area contributed by atoms with Gasteiger partial charge in [-0.1, -0.05) is 20.3 Å². The maximum atomic E-state index is 11.8. The Morgan fingerprint density at radius 3 is 2.00 bits per heavy atom. The van der Waals surface area contributed by atoms with Gasteiger partial charge in [0.05, 0.1) is 33.0 Å². The van der Waals surface area contributed by atoms with Gasteiger partial charge >= 0.3 is 0 Å². The fourth-order valence-corrected chi connectivity index (χ4v) is 2.57. The Morgan fingerprint density at radius 1 is 0.960 bits per heavy atom. The predicted octanol–water partition coefficient (Wildman–Crippen LogP) is 2.98. The average Bonchev–Trinajstić information content (AvgIpc) is 2.58. The zero-order chi connectivity index (χ0) is 18.9. The molecule has 0 heterocycles. The van der Waals surface area contributed by atoms with Crippen LogP contribution >= 0.6 is 0 Å². The molecule has 1 saturated carbocycles. The normalized spacial score (nSPS) is 19.7. The Morgan fingerprint density at radius 2 is 1.48 bits per heavy atom. The molecule has 1 aliphatic carbocycles. The smallest absolute Gasteiger partial charge is 0.222 e. The molecule has 0 bridgehead atoms. The lowest BCUT2D eigenvalue weighted by Crippen LogP contribution is -2.38. The molecule has 0 aromatic rings. The van der Waals surface area contributed by atoms with Crippen LogP contribution in [0.15, 0.2) is 0 Å². The van der Waals surface area contributed by atoms with Gasteiger partial charge in [0.25, 0.3) is 0 Å². The molecule has 1 amide bonds. The average molecular weight is 362 g/mol. The van der Waals surface area contributed by atoms with Gasteiger partial charge in [0.2, 0.25) is 5.91 Å². The highest BCUT2D eigenvalue weighted by molar-refractivity contribution is 5.78. The summed E-state index contributed by atoms with van der Waals surface area (Å²) < 4.78 is 15.5. The second kappa shape index (κ2) is 16.5. The van der Waals surface area contributed by atoms with Gasteiger partial charge in [0.15, 0.2) is 0 Å². The van der Waals surface area contributed by atoms with Crippen LogP contribution in [0.2, 0.25) is 0 Å². The number of hydrogen-bond donors (Lipinski definition) is 1. The van der Waals surface area contributed by atoms with E-state index < -0.39 is 0 Å². The molecule has 1 fully saturated rings. The van der Waals surface area contributed by atoms with Gasteiger partial charge in [-0.3, -0.25) is 9.59 Å². The van der Waals surface area contributed by atoms with E-state index >= 15 is 0 Å². The largest absolute Gasteiger partial charge is 0.382 e. The highest BCUT2D eigenvalue weighted by atomic mass is 16.5. The van der Waals surface area contributed by atoms with E-state index in [4.69, 9.17) is 14.2 Å². The van der Waals surface area contributed by atoms with Crippen LogP contribution in [0, 0.1) is 5.92 Å². The van der Waals surface area contributed by atoms with E-state index in [2.05, 4.69) is 19.2 Å². The van der Waals surface area contributed by atoms with Crippen molar-refractivity contribution in [1.29, 1.82) is 0 Å². The summed E-state index contributed by atoms with van der Waals surface area (Å²) in [7, 11) is 1.63. The number of ether oxygens (including phenoxy) is 3. The van der Waals surface area contributed by atoms with Crippen molar-refractivity contribution in [1.82, 2.24) is 5.32 Å². The van der Waals surface area contributed by atoms with E-state index in [1.165, 1.54) is 6.42 Å². The molecule has 1 rings (SSSR count). The number of ketones is 1. The third-order valence-corrected chi connectivity index (χ3v) is 3.94. The molecular formula is C19H39NO5. The van der Waals surface area contributed by atoms with Crippen LogP contribution in [-0.4, -0.2) is 57.9 Å². The van der Waals surface area contributed by atoms with Crippen LogP contribution in [0.25, 0.3) is 0 Å². The molecule has 1 aliphatic rings. The van der Waals surface area contributed by atoms with E-state index in [1.54, 1.807) is 14.0 Å². The molecule has 0 unspecified atom stereocenters. The summed E-state index contributed by atoms with van der Waals surface area (Å²) in [6, 6.07) is 0.209. The van der Waals surface area contributed by atoms with Gasteiger partial charge in [-0.25, -0.2) is 0 Å². The van der Waals surface area contributed by atoms with Crippen LogP contribution in [-0.2, 0) is 23.8 Å². The third kappa shape index (κ3) is 13.9. The molecule has 150 valence electrons. The summed E-state index contributed by atoms with van der Waals surface area (Å²) in [4.78, 5) is 23.1. The van der Waals surface area contributed by atoms with Crippen LogP contribution < -0.4 is 5.32 Å². The van der Waals surface area contributed by atoms with E-state index in [-0.39, 0.29) is 25.1 Å². The third-order valence-electron chi connectivity index (χ3n) is 3.94. The molecule has 1 N–H and O–H groups in total. The van der Waals surface area contributed by atoms with Crippen LogP contribution in [0.5, 0.6) is 0 Å². The van der Waals surface area contributed by atoms with Crippen LogP contribution in [0.4, 0.5) is 0 Å². The highest BCUT2D eigenvalue weighted by Crippen LogP contribution is 2.24. The number of nitrogens with one attached hydrogen (secondary N) is 1. The quantitative estimate of drug-likeness (QED) is 0.573. The first-order chi connectivity index (χ1) is 12.0. The summed E-state index contributed by atoms with van der Waals surface area (Å²) in [5.74, 6) is 0.479. The summed E-state index contributed by atoms with van der Waals surface area (Å²) in [5.41, 5.74) is 0. The molecule has 0 aliphatic heterocycles. The van der Waals surface area contributed by atoms with Crippen molar-refractivity contribution < 1.29 is 25.2 Å². The number of amides is 1. The predicted molar refractivity (Wildman–Crippen MR) is 101 cm³/mol. The molecule has 0 saturated heterocycles. The first-order valence-electron chi connectivity index (χ1n) is 9.49. The molecule has 0 atom stereocenters. The molecule has 6 heteroatoms. The van der Waals surface area contributed by atoms with Crippen molar-refractivity contribution in [3.8, 4) is 0 Å². The Hall–Kier alpha value is -0.980.